The van der Waals surface area contributed by atoms with Gasteiger partial charge in [0, 0.05) is 17.3 Å². The van der Waals surface area contributed by atoms with Crippen LogP contribution in [0.1, 0.15) is 22.5 Å². The van der Waals surface area contributed by atoms with Crippen LogP contribution >= 0.6 is 11.3 Å². The molecule has 2 rings (SSSR count). The van der Waals surface area contributed by atoms with Crippen LogP contribution in [0.5, 0.6) is 11.5 Å². The van der Waals surface area contributed by atoms with Gasteiger partial charge in [-0.25, -0.2) is 0 Å². The number of rotatable bonds is 6. The highest BCUT2D eigenvalue weighted by molar-refractivity contribution is 7.10. The Morgan fingerprint density at radius 1 is 1.15 bits per heavy atom. The van der Waals surface area contributed by atoms with Gasteiger partial charge in [-0.1, -0.05) is 12.1 Å². The first kappa shape index (κ1) is 14.8. The summed E-state index contributed by atoms with van der Waals surface area (Å²) < 4.78 is 10.7. The van der Waals surface area contributed by atoms with Gasteiger partial charge in [-0.3, -0.25) is 0 Å². The average molecular weight is 293 g/mol. The highest BCUT2D eigenvalue weighted by Crippen LogP contribution is 2.41. The van der Waals surface area contributed by atoms with E-state index in [1.807, 2.05) is 35.7 Å². The van der Waals surface area contributed by atoms with E-state index in [4.69, 9.17) is 15.2 Å². The lowest BCUT2D eigenvalue weighted by atomic mass is 9.93. The first-order valence-corrected chi connectivity index (χ1v) is 7.23. The molecule has 0 radical (unpaired) electrons. The van der Waals surface area contributed by atoms with E-state index < -0.39 is 6.10 Å². The minimum Gasteiger partial charge on any atom is -0.496 e. The van der Waals surface area contributed by atoms with Crippen LogP contribution in [-0.4, -0.2) is 25.9 Å². The number of benzene rings is 1. The third-order valence-corrected chi connectivity index (χ3v) is 4.31. The summed E-state index contributed by atoms with van der Waals surface area (Å²) >= 11 is 1.58. The van der Waals surface area contributed by atoms with E-state index >= 15 is 0 Å². The fourth-order valence-electron chi connectivity index (χ4n) is 2.28. The van der Waals surface area contributed by atoms with Gasteiger partial charge in [-0.2, -0.15) is 0 Å². The van der Waals surface area contributed by atoms with Crippen molar-refractivity contribution >= 4 is 11.3 Å². The number of aliphatic hydroxyl groups excluding tert-OH is 1. The standard InChI is InChI=1S/C15H19NO3S/c1-18-11-5-3-6-12(19-2)14(11)15(17)10(9-16)13-7-4-8-20-13/h3-8,10,15,17H,9,16H2,1-2H3. The molecule has 0 aliphatic rings. The van der Waals surface area contributed by atoms with Gasteiger partial charge in [0.1, 0.15) is 11.5 Å². The molecule has 0 saturated carbocycles. The van der Waals surface area contributed by atoms with Gasteiger partial charge >= 0.3 is 0 Å². The van der Waals surface area contributed by atoms with Crippen LogP contribution < -0.4 is 15.2 Å². The number of methoxy groups -OCH3 is 2. The molecule has 3 N–H and O–H groups in total. The van der Waals surface area contributed by atoms with Gasteiger partial charge in [0.15, 0.2) is 0 Å². The molecule has 0 amide bonds. The molecule has 2 aromatic rings. The summed E-state index contributed by atoms with van der Waals surface area (Å²) in [6.07, 6.45) is -0.773. The zero-order chi connectivity index (χ0) is 14.5. The summed E-state index contributed by atoms with van der Waals surface area (Å²) in [4.78, 5) is 1.05. The molecule has 0 bridgehead atoms. The number of hydrogen-bond donors (Lipinski definition) is 2. The molecule has 4 nitrogen and oxygen atoms in total. The smallest absolute Gasteiger partial charge is 0.128 e. The third-order valence-electron chi connectivity index (χ3n) is 3.31. The SMILES string of the molecule is COc1cccc(OC)c1C(O)C(CN)c1cccs1. The fourth-order valence-corrected chi connectivity index (χ4v) is 3.15. The minimum absolute atomic E-state index is 0.180. The van der Waals surface area contributed by atoms with E-state index in [9.17, 15) is 5.11 Å². The van der Waals surface area contributed by atoms with Crippen molar-refractivity contribution in [3.8, 4) is 11.5 Å². The quantitative estimate of drug-likeness (QED) is 0.859. The first-order valence-electron chi connectivity index (χ1n) is 6.35. The molecular formula is C15H19NO3S. The van der Waals surface area contributed by atoms with Crippen LogP contribution in [0.4, 0.5) is 0 Å². The van der Waals surface area contributed by atoms with Crippen LogP contribution in [0, 0.1) is 0 Å². The first-order chi connectivity index (χ1) is 9.72. The number of ether oxygens (including phenoxy) is 2. The van der Waals surface area contributed by atoms with Crippen LogP contribution in [0.15, 0.2) is 35.7 Å². The summed E-state index contributed by atoms with van der Waals surface area (Å²) in [5, 5.41) is 12.7. The van der Waals surface area contributed by atoms with E-state index in [2.05, 4.69) is 0 Å². The second-order valence-corrected chi connectivity index (χ2v) is 5.36. The topological polar surface area (TPSA) is 64.7 Å². The zero-order valence-corrected chi connectivity index (χ0v) is 12.4. The molecule has 0 spiro atoms. The highest BCUT2D eigenvalue weighted by Gasteiger charge is 2.28. The maximum Gasteiger partial charge on any atom is 0.128 e. The number of aliphatic hydroxyl groups is 1. The molecule has 5 heteroatoms. The van der Waals surface area contributed by atoms with E-state index in [-0.39, 0.29) is 5.92 Å². The van der Waals surface area contributed by atoms with Gasteiger partial charge in [-0.05, 0) is 23.6 Å². The second kappa shape index (κ2) is 6.74. The maximum atomic E-state index is 10.7. The lowest BCUT2D eigenvalue weighted by molar-refractivity contribution is 0.141. The second-order valence-electron chi connectivity index (χ2n) is 4.38. The molecule has 20 heavy (non-hydrogen) atoms. The van der Waals surface area contributed by atoms with Crippen molar-refractivity contribution < 1.29 is 14.6 Å². The van der Waals surface area contributed by atoms with Crippen molar-refractivity contribution in [2.75, 3.05) is 20.8 Å². The number of hydrogen-bond acceptors (Lipinski definition) is 5. The van der Waals surface area contributed by atoms with Gasteiger partial charge in [0.2, 0.25) is 0 Å². The van der Waals surface area contributed by atoms with E-state index in [1.165, 1.54) is 0 Å². The Bertz CT molecular complexity index is 520. The van der Waals surface area contributed by atoms with Crippen LogP contribution in [-0.2, 0) is 0 Å². The minimum atomic E-state index is -0.773. The van der Waals surface area contributed by atoms with Crippen molar-refractivity contribution in [2.24, 2.45) is 5.73 Å². The Hall–Kier alpha value is -1.56. The highest BCUT2D eigenvalue weighted by atomic mass is 32.1. The summed E-state index contributed by atoms with van der Waals surface area (Å²) in [6.45, 7) is 0.350. The van der Waals surface area contributed by atoms with Gasteiger partial charge in [-0.15, -0.1) is 11.3 Å². The molecule has 1 aromatic carbocycles. The van der Waals surface area contributed by atoms with Crippen LogP contribution in [0.3, 0.4) is 0 Å². The monoisotopic (exact) mass is 293 g/mol. The third kappa shape index (κ3) is 2.80. The van der Waals surface area contributed by atoms with Gasteiger partial charge in [0.25, 0.3) is 0 Å². The van der Waals surface area contributed by atoms with Crippen LogP contribution in [0.25, 0.3) is 0 Å². The Kier molecular flexibility index (Phi) is 5.00. The molecule has 108 valence electrons. The van der Waals surface area contributed by atoms with Crippen molar-refractivity contribution in [1.29, 1.82) is 0 Å². The molecular weight excluding hydrogens is 274 g/mol. The lowest BCUT2D eigenvalue weighted by Gasteiger charge is -2.24. The molecule has 0 aliphatic carbocycles. The Morgan fingerprint density at radius 3 is 2.25 bits per heavy atom. The molecule has 1 aromatic heterocycles. The molecule has 0 fully saturated rings. The predicted molar refractivity (Wildman–Crippen MR) is 80.6 cm³/mol. The summed E-state index contributed by atoms with van der Waals surface area (Å²) in [6, 6.07) is 9.38. The summed E-state index contributed by atoms with van der Waals surface area (Å²) in [7, 11) is 3.15. The van der Waals surface area contributed by atoms with Crippen LogP contribution in [0.2, 0.25) is 0 Å². The average Bonchev–Trinajstić information content (AvgIpc) is 3.00. The van der Waals surface area contributed by atoms with Crippen molar-refractivity contribution in [2.45, 2.75) is 12.0 Å². The number of thiophene rings is 1. The zero-order valence-electron chi connectivity index (χ0n) is 11.6. The Morgan fingerprint density at radius 2 is 1.80 bits per heavy atom. The Balaban J connectivity index is 2.43. The van der Waals surface area contributed by atoms with Crippen molar-refractivity contribution in [3.05, 3.63) is 46.2 Å². The predicted octanol–water partition coefficient (Wildman–Crippen LogP) is 2.54. The molecule has 1 heterocycles. The maximum absolute atomic E-state index is 10.7. The molecule has 2 atom stereocenters. The van der Waals surface area contributed by atoms with E-state index in [0.717, 1.165) is 4.88 Å². The van der Waals surface area contributed by atoms with Gasteiger partial charge in [0.05, 0.1) is 25.9 Å². The van der Waals surface area contributed by atoms with Crippen molar-refractivity contribution in [1.82, 2.24) is 0 Å². The molecule has 2 unspecified atom stereocenters. The normalized spacial score (nSPS) is 13.8. The lowest BCUT2D eigenvalue weighted by Crippen LogP contribution is -2.20. The van der Waals surface area contributed by atoms with E-state index in [0.29, 0.717) is 23.6 Å². The summed E-state index contributed by atoms with van der Waals surface area (Å²) in [5.74, 6) is 1.03. The number of nitrogens with two attached hydrogens (primary N) is 1. The Labute approximate surface area is 122 Å². The summed E-state index contributed by atoms with van der Waals surface area (Å²) in [5.41, 5.74) is 6.49. The van der Waals surface area contributed by atoms with Gasteiger partial charge < -0.3 is 20.3 Å². The fraction of sp³-hybridized carbons (Fsp3) is 0.333. The molecule has 0 aliphatic heterocycles. The molecule has 0 saturated heterocycles. The van der Waals surface area contributed by atoms with E-state index in [1.54, 1.807) is 25.6 Å². The van der Waals surface area contributed by atoms with Crippen molar-refractivity contribution in [3.63, 3.8) is 0 Å². The largest absolute Gasteiger partial charge is 0.496 e.